The zero-order chi connectivity index (χ0) is 12.1. The lowest BCUT2D eigenvalue weighted by molar-refractivity contribution is -0.137. The Labute approximate surface area is 92.8 Å². The van der Waals surface area contributed by atoms with Crippen LogP contribution >= 0.6 is 0 Å². The van der Waals surface area contributed by atoms with Gasteiger partial charge in [-0.05, 0) is 12.8 Å². The van der Waals surface area contributed by atoms with Crippen LogP contribution < -0.4 is 0 Å². The summed E-state index contributed by atoms with van der Waals surface area (Å²) in [5, 5.41) is 18.0. The second kappa shape index (κ2) is 5.44. The lowest BCUT2D eigenvalue weighted by Gasteiger charge is -2.13. The van der Waals surface area contributed by atoms with Crippen molar-refractivity contribution in [2.45, 2.75) is 38.5 Å². The molecule has 0 aromatic carbocycles. The predicted molar refractivity (Wildman–Crippen MR) is 55.0 cm³/mol. The normalized spacial score (nSPS) is 16.4. The van der Waals surface area contributed by atoms with Crippen LogP contribution in [0.3, 0.4) is 0 Å². The average molecular weight is 226 g/mol. The second-order valence-electron chi connectivity index (χ2n) is 3.77. The Morgan fingerprint density at radius 2 is 1.62 bits per heavy atom. The van der Waals surface area contributed by atoms with Gasteiger partial charge < -0.3 is 10.2 Å². The molecule has 0 aromatic rings. The van der Waals surface area contributed by atoms with Gasteiger partial charge in [-0.15, -0.1) is 0 Å². The van der Waals surface area contributed by atoms with Crippen molar-refractivity contribution in [1.82, 2.24) is 0 Å². The first kappa shape index (κ1) is 12.4. The summed E-state index contributed by atoms with van der Waals surface area (Å²) >= 11 is 0. The minimum atomic E-state index is -0.959. The highest BCUT2D eigenvalue weighted by molar-refractivity contribution is 6.21. The number of hydrogen-bond acceptors (Lipinski definition) is 4. The van der Waals surface area contributed by atoms with Crippen LogP contribution in [0, 0.1) is 0 Å². The molecular weight excluding hydrogens is 212 g/mol. The minimum Gasteiger partial charge on any atom is -0.511 e. The van der Waals surface area contributed by atoms with E-state index in [1.54, 1.807) is 0 Å². The molecule has 0 bridgehead atoms. The van der Waals surface area contributed by atoms with Crippen molar-refractivity contribution in [3.05, 3.63) is 11.3 Å². The quantitative estimate of drug-likeness (QED) is 0.429. The molecule has 0 saturated heterocycles. The number of ketones is 2. The lowest BCUT2D eigenvalue weighted by atomic mass is 9.90. The smallest absolute Gasteiger partial charge is 0.303 e. The molecule has 0 amide bonds. The number of Topliss-reactive ketones (excluding diaryl/α,β-unsaturated/α-hetero) is 2. The molecular formula is C11H14O5. The van der Waals surface area contributed by atoms with Crippen LogP contribution in [0.25, 0.3) is 0 Å². The van der Waals surface area contributed by atoms with Crippen molar-refractivity contribution in [2.24, 2.45) is 0 Å². The number of aliphatic carboxylic acids is 1. The number of hydrogen-bond donors (Lipinski definition) is 2. The highest BCUT2D eigenvalue weighted by Gasteiger charge is 2.26. The monoisotopic (exact) mass is 226 g/mol. The van der Waals surface area contributed by atoms with Crippen molar-refractivity contribution >= 4 is 17.5 Å². The van der Waals surface area contributed by atoms with Gasteiger partial charge in [0.05, 0.1) is 5.57 Å². The number of aliphatic hydroxyl groups is 1. The van der Waals surface area contributed by atoms with Crippen molar-refractivity contribution in [3.63, 3.8) is 0 Å². The Morgan fingerprint density at radius 3 is 2.12 bits per heavy atom. The van der Waals surface area contributed by atoms with Gasteiger partial charge in [0.15, 0.2) is 11.6 Å². The van der Waals surface area contributed by atoms with Crippen LogP contribution in [0.1, 0.15) is 38.5 Å². The maximum absolute atomic E-state index is 11.4. The van der Waals surface area contributed by atoms with E-state index in [-0.39, 0.29) is 55.0 Å². The third-order valence-corrected chi connectivity index (χ3v) is 2.46. The van der Waals surface area contributed by atoms with Gasteiger partial charge in [-0.3, -0.25) is 14.4 Å². The molecule has 5 nitrogen and oxygen atoms in total. The molecule has 1 aliphatic rings. The van der Waals surface area contributed by atoms with Gasteiger partial charge in [-0.1, -0.05) is 0 Å². The van der Waals surface area contributed by atoms with Gasteiger partial charge in [0.2, 0.25) is 0 Å². The maximum atomic E-state index is 11.4. The van der Waals surface area contributed by atoms with Crippen molar-refractivity contribution < 1.29 is 24.6 Å². The van der Waals surface area contributed by atoms with E-state index in [9.17, 15) is 19.5 Å². The van der Waals surface area contributed by atoms with Crippen LogP contribution in [-0.2, 0) is 14.4 Å². The van der Waals surface area contributed by atoms with E-state index in [1.165, 1.54) is 0 Å². The van der Waals surface area contributed by atoms with Gasteiger partial charge in [0, 0.05) is 25.7 Å². The molecule has 1 rings (SSSR count). The van der Waals surface area contributed by atoms with Crippen molar-refractivity contribution in [2.75, 3.05) is 0 Å². The van der Waals surface area contributed by atoms with Gasteiger partial charge in [-0.25, -0.2) is 0 Å². The Kier molecular flexibility index (Phi) is 4.22. The maximum Gasteiger partial charge on any atom is 0.303 e. The molecule has 1 aliphatic carbocycles. The molecule has 0 aromatic heterocycles. The highest BCUT2D eigenvalue weighted by Crippen LogP contribution is 2.21. The van der Waals surface area contributed by atoms with Crippen LogP contribution in [0.2, 0.25) is 0 Å². The summed E-state index contributed by atoms with van der Waals surface area (Å²) < 4.78 is 0. The number of rotatable bonds is 4. The zero-order valence-electron chi connectivity index (χ0n) is 8.86. The van der Waals surface area contributed by atoms with E-state index < -0.39 is 5.97 Å². The van der Waals surface area contributed by atoms with Crippen LogP contribution in [0.4, 0.5) is 0 Å². The lowest BCUT2D eigenvalue weighted by Crippen LogP contribution is -2.20. The Balaban J connectivity index is 2.65. The average Bonchev–Trinajstić information content (AvgIpc) is 2.16. The number of carbonyl (C=O) groups excluding carboxylic acids is 2. The van der Waals surface area contributed by atoms with E-state index in [2.05, 4.69) is 0 Å². The summed E-state index contributed by atoms with van der Waals surface area (Å²) in [4.78, 5) is 33.0. The summed E-state index contributed by atoms with van der Waals surface area (Å²) in [6, 6.07) is 0. The van der Waals surface area contributed by atoms with Crippen molar-refractivity contribution in [1.29, 1.82) is 0 Å². The third-order valence-electron chi connectivity index (χ3n) is 2.46. The molecule has 0 spiro atoms. The summed E-state index contributed by atoms with van der Waals surface area (Å²) in [5.74, 6) is -1.87. The minimum absolute atomic E-state index is 0.0686. The van der Waals surface area contributed by atoms with Gasteiger partial charge in [-0.2, -0.15) is 0 Å². The fourth-order valence-electron chi connectivity index (χ4n) is 1.67. The van der Waals surface area contributed by atoms with E-state index >= 15 is 0 Å². The van der Waals surface area contributed by atoms with Crippen LogP contribution in [0.15, 0.2) is 11.3 Å². The number of carboxylic acids is 1. The van der Waals surface area contributed by atoms with E-state index in [1.807, 2.05) is 0 Å². The van der Waals surface area contributed by atoms with E-state index in [0.717, 1.165) is 0 Å². The highest BCUT2D eigenvalue weighted by atomic mass is 16.4. The molecule has 0 atom stereocenters. The van der Waals surface area contributed by atoms with Crippen LogP contribution in [-0.4, -0.2) is 27.7 Å². The molecule has 88 valence electrons. The molecule has 0 aliphatic heterocycles. The van der Waals surface area contributed by atoms with Crippen molar-refractivity contribution in [3.8, 4) is 0 Å². The summed E-state index contributed by atoms with van der Waals surface area (Å²) in [7, 11) is 0. The van der Waals surface area contributed by atoms with E-state index in [0.29, 0.717) is 6.42 Å². The number of carbonyl (C=O) groups is 3. The molecule has 16 heavy (non-hydrogen) atoms. The van der Waals surface area contributed by atoms with Crippen LogP contribution in [0.5, 0.6) is 0 Å². The Hall–Kier alpha value is -1.65. The fourth-order valence-corrected chi connectivity index (χ4v) is 1.67. The number of aliphatic hydroxyl groups excluding tert-OH is 1. The first-order valence-corrected chi connectivity index (χ1v) is 5.22. The number of allylic oxidation sites excluding steroid dienone is 2. The first-order valence-electron chi connectivity index (χ1n) is 5.22. The SMILES string of the molecule is O=C(O)CCCC(O)=C1C(=O)CCCC1=O. The largest absolute Gasteiger partial charge is 0.511 e. The summed E-state index contributed by atoms with van der Waals surface area (Å²) in [5.41, 5.74) is -0.114. The molecule has 5 heteroatoms. The zero-order valence-corrected chi connectivity index (χ0v) is 8.86. The predicted octanol–water partition coefficient (Wildman–Crippen LogP) is 1.38. The molecule has 0 unspecified atom stereocenters. The van der Waals surface area contributed by atoms with Gasteiger partial charge in [0.1, 0.15) is 5.76 Å². The standard InChI is InChI=1S/C11H14O5/c12-7-3-1-4-8(13)11(7)9(14)5-2-6-10(15)16/h14H,1-6H2,(H,15,16). The third kappa shape index (κ3) is 3.18. The Morgan fingerprint density at radius 1 is 1.06 bits per heavy atom. The first-order chi connectivity index (χ1) is 7.52. The Bertz CT molecular complexity index is 335. The van der Waals surface area contributed by atoms with Gasteiger partial charge >= 0.3 is 5.97 Å². The molecule has 0 radical (unpaired) electrons. The molecule has 2 N–H and O–H groups in total. The fraction of sp³-hybridized carbons (Fsp3) is 0.545. The molecule has 1 fully saturated rings. The second-order valence-corrected chi connectivity index (χ2v) is 3.77. The van der Waals surface area contributed by atoms with Gasteiger partial charge in [0.25, 0.3) is 0 Å². The summed E-state index contributed by atoms with van der Waals surface area (Å²) in [6.07, 6.45) is 1.31. The topological polar surface area (TPSA) is 91.7 Å². The molecule has 0 heterocycles. The van der Waals surface area contributed by atoms with E-state index in [4.69, 9.17) is 5.11 Å². The summed E-state index contributed by atoms with van der Waals surface area (Å²) in [6.45, 7) is 0. The number of carboxylic acid groups (broad SMARTS) is 1. The molecule has 1 saturated carbocycles.